The van der Waals surface area contributed by atoms with Crippen molar-refractivity contribution >= 4 is 23.7 Å². The van der Waals surface area contributed by atoms with Gasteiger partial charge in [-0.2, -0.15) is 0 Å². The standard InChI is InChI=1S/C16H23N3O2S/c1-11-3-4-12(2)14(9-11)22-10-15(20)19-7-5-13(6-8-19)18-16(17)21/h3-4,9,13H,5-8,10H2,1-2H3,(H3,17,18,21). The average molecular weight is 321 g/mol. The maximum atomic E-state index is 12.3. The Morgan fingerprint density at radius 2 is 2.00 bits per heavy atom. The number of nitrogens with one attached hydrogen (secondary N) is 1. The third-order valence-electron chi connectivity index (χ3n) is 3.89. The van der Waals surface area contributed by atoms with Crippen LogP contribution in [0.4, 0.5) is 4.79 Å². The highest BCUT2D eigenvalue weighted by Gasteiger charge is 2.23. The van der Waals surface area contributed by atoms with Crippen LogP contribution in [-0.4, -0.2) is 41.7 Å². The summed E-state index contributed by atoms with van der Waals surface area (Å²) in [6.07, 6.45) is 1.53. The van der Waals surface area contributed by atoms with Crippen molar-refractivity contribution in [1.29, 1.82) is 0 Å². The van der Waals surface area contributed by atoms with E-state index in [4.69, 9.17) is 5.73 Å². The number of amides is 3. The van der Waals surface area contributed by atoms with Crippen LogP contribution < -0.4 is 11.1 Å². The van der Waals surface area contributed by atoms with E-state index in [-0.39, 0.29) is 11.9 Å². The maximum absolute atomic E-state index is 12.3. The molecule has 0 bridgehead atoms. The highest BCUT2D eigenvalue weighted by atomic mass is 32.2. The molecule has 1 aromatic carbocycles. The largest absolute Gasteiger partial charge is 0.352 e. The zero-order valence-corrected chi connectivity index (χ0v) is 13.9. The first-order valence-corrected chi connectivity index (χ1v) is 8.48. The summed E-state index contributed by atoms with van der Waals surface area (Å²) >= 11 is 1.59. The van der Waals surface area contributed by atoms with Gasteiger partial charge in [0.1, 0.15) is 0 Å². The molecule has 5 nitrogen and oxygen atoms in total. The van der Waals surface area contributed by atoms with Crippen LogP contribution in [-0.2, 0) is 4.79 Å². The van der Waals surface area contributed by atoms with Crippen molar-refractivity contribution in [2.75, 3.05) is 18.8 Å². The van der Waals surface area contributed by atoms with Crippen molar-refractivity contribution < 1.29 is 9.59 Å². The molecule has 3 N–H and O–H groups in total. The summed E-state index contributed by atoms with van der Waals surface area (Å²) in [5, 5.41) is 2.71. The van der Waals surface area contributed by atoms with Crippen LogP contribution in [0.2, 0.25) is 0 Å². The van der Waals surface area contributed by atoms with Crippen molar-refractivity contribution in [2.45, 2.75) is 37.6 Å². The Balaban J connectivity index is 1.81. The Bertz CT molecular complexity index is 554. The molecule has 1 aromatic rings. The van der Waals surface area contributed by atoms with Crippen LogP contribution in [0.5, 0.6) is 0 Å². The van der Waals surface area contributed by atoms with Gasteiger partial charge >= 0.3 is 6.03 Å². The summed E-state index contributed by atoms with van der Waals surface area (Å²) in [5.74, 6) is 0.613. The van der Waals surface area contributed by atoms with Gasteiger partial charge in [0.05, 0.1) is 5.75 Å². The number of hydrogen-bond donors (Lipinski definition) is 2. The number of primary amides is 1. The third-order valence-corrected chi connectivity index (χ3v) is 5.03. The van der Waals surface area contributed by atoms with Crippen LogP contribution in [0, 0.1) is 13.8 Å². The molecule has 3 amide bonds. The fourth-order valence-corrected chi connectivity index (χ4v) is 3.59. The molecule has 2 rings (SSSR count). The number of carbonyl (C=O) groups excluding carboxylic acids is 2. The van der Waals surface area contributed by atoms with E-state index in [0.717, 1.165) is 12.8 Å². The van der Waals surface area contributed by atoms with Crippen LogP contribution in [0.3, 0.4) is 0 Å². The summed E-state index contributed by atoms with van der Waals surface area (Å²) < 4.78 is 0. The van der Waals surface area contributed by atoms with Gasteiger partial charge in [-0.3, -0.25) is 4.79 Å². The third kappa shape index (κ3) is 4.66. The van der Waals surface area contributed by atoms with Gasteiger partial charge in [0.15, 0.2) is 0 Å². The minimum absolute atomic E-state index is 0.0909. The van der Waals surface area contributed by atoms with E-state index < -0.39 is 6.03 Å². The molecule has 22 heavy (non-hydrogen) atoms. The smallest absolute Gasteiger partial charge is 0.312 e. The van der Waals surface area contributed by atoms with Gasteiger partial charge in [-0.1, -0.05) is 17.7 Å². The van der Waals surface area contributed by atoms with E-state index in [1.807, 2.05) is 4.90 Å². The normalized spacial score (nSPS) is 15.6. The number of nitrogens with zero attached hydrogens (tertiary/aromatic N) is 1. The fourth-order valence-electron chi connectivity index (χ4n) is 2.57. The van der Waals surface area contributed by atoms with E-state index in [2.05, 4.69) is 37.4 Å². The number of benzene rings is 1. The van der Waals surface area contributed by atoms with E-state index in [1.54, 1.807) is 11.8 Å². The lowest BCUT2D eigenvalue weighted by Gasteiger charge is -2.32. The van der Waals surface area contributed by atoms with Crippen molar-refractivity contribution in [3.63, 3.8) is 0 Å². The van der Waals surface area contributed by atoms with E-state index in [1.165, 1.54) is 16.0 Å². The highest BCUT2D eigenvalue weighted by molar-refractivity contribution is 8.00. The van der Waals surface area contributed by atoms with Crippen LogP contribution >= 0.6 is 11.8 Å². The topological polar surface area (TPSA) is 75.4 Å². The van der Waals surface area contributed by atoms with Gasteiger partial charge in [-0.25, -0.2) is 4.79 Å². The molecule has 1 heterocycles. The van der Waals surface area contributed by atoms with Crippen molar-refractivity contribution in [1.82, 2.24) is 10.2 Å². The van der Waals surface area contributed by atoms with Gasteiger partial charge < -0.3 is 16.0 Å². The van der Waals surface area contributed by atoms with Crippen LogP contribution in [0.15, 0.2) is 23.1 Å². The molecule has 6 heteroatoms. The SMILES string of the molecule is Cc1ccc(C)c(SCC(=O)N2CCC(NC(N)=O)CC2)c1. The molecule has 1 aliphatic heterocycles. The molecule has 0 aromatic heterocycles. The Morgan fingerprint density at radius 3 is 2.64 bits per heavy atom. The van der Waals surface area contributed by atoms with Gasteiger partial charge in [-0.05, 0) is 38.3 Å². The summed E-state index contributed by atoms with van der Waals surface area (Å²) in [6.45, 7) is 5.48. The second kappa shape index (κ2) is 7.54. The predicted octanol–water partition coefficient (Wildman–Crippen LogP) is 2.05. The van der Waals surface area contributed by atoms with Crippen molar-refractivity contribution in [3.8, 4) is 0 Å². The minimum Gasteiger partial charge on any atom is -0.352 e. The van der Waals surface area contributed by atoms with Crippen molar-refractivity contribution in [2.24, 2.45) is 5.73 Å². The number of hydrogen-bond acceptors (Lipinski definition) is 3. The minimum atomic E-state index is -0.491. The number of rotatable bonds is 4. The number of urea groups is 1. The van der Waals surface area contributed by atoms with Gasteiger partial charge in [0.2, 0.25) is 5.91 Å². The van der Waals surface area contributed by atoms with Gasteiger partial charge in [0, 0.05) is 24.0 Å². The van der Waals surface area contributed by atoms with Crippen LogP contribution in [0.1, 0.15) is 24.0 Å². The molecule has 1 fully saturated rings. The maximum Gasteiger partial charge on any atom is 0.312 e. The first-order valence-electron chi connectivity index (χ1n) is 7.49. The van der Waals surface area contributed by atoms with Crippen molar-refractivity contribution in [3.05, 3.63) is 29.3 Å². The number of carbonyl (C=O) groups is 2. The molecule has 0 spiro atoms. The zero-order valence-electron chi connectivity index (χ0n) is 13.1. The number of thioether (sulfide) groups is 1. The lowest BCUT2D eigenvalue weighted by Crippen LogP contribution is -2.48. The quantitative estimate of drug-likeness (QED) is 0.834. The predicted molar refractivity (Wildman–Crippen MR) is 89.0 cm³/mol. The zero-order chi connectivity index (χ0) is 16.1. The molecule has 0 aliphatic carbocycles. The summed E-state index contributed by atoms with van der Waals surface area (Å²) in [4.78, 5) is 26.2. The summed E-state index contributed by atoms with van der Waals surface area (Å²) in [6, 6.07) is 5.89. The molecule has 120 valence electrons. The Morgan fingerprint density at radius 1 is 1.32 bits per heavy atom. The second-order valence-electron chi connectivity index (χ2n) is 5.72. The van der Waals surface area contributed by atoms with E-state index >= 15 is 0 Å². The molecule has 1 aliphatic rings. The Kier molecular flexibility index (Phi) is 5.71. The van der Waals surface area contributed by atoms with Gasteiger partial charge in [-0.15, -0.1) is 11.8 Å². The fraction of sp³-hybridized carbons (Fsp3) is 0.500. The van der Waals surface area contributed by atoms with Gasteiger partial charge in [0.25, 0.3) is 0 Å². The van der Waals surface area contributed by atoms with Crippen LogP contribution in [0.25, 0.3) is 0 Å². The molecule has 1 saturated heterocycles. The monoisotopic (exact) mass is 321 g/mol. The number of likely N-dealkylation sites (tertiary alicyclic amines) is 1. The molecule has 0 radical (unpaired) electrons. The average Bonchev–Trinajstić information content (AvgIpc) is 2.48. The van der Waals surface area contributed by atoms with E-state index in [9.17, 15) is 9.59 Å². The number of piperidine rings is 1. The molecule has 0 unspecified atom stereocenters. The lowest BCUT2D eigenvalue weighted by atomic mass is 10.1. The molecular formula is C16H23N3O2S. The van der Waals surface area contributed by atoms with E-state index in [0.29, 0.717) is 18.8 Å². The Hall–Kier alpha value is -1.69. The number of nitrogens with two attached hydrogens (primary N) is 1. The highest BCUT2D eigenvalue weighted by Crippen LogP contribution is 2.24. The first kappa shape index (κ1) is 16.7. The number of aryl methyl sites for hydroxylation is 2. The summed E-state index contributed by atoms with van der Waals surface area (Å²) in [5.41, 5.74) is 7.53. The molecular weight excluding hydrogens is 298 g/mol. The molecule has 0 saturated carbocycles. The molecule has 0 atom stereocenters. The Labute approximate surface area is 135 Å². The lowest BCUT2D eigenvalue weighted by molar-refractivity contribution is -0.129. The first-order chi connectivity index (χ1) is 10.5. The summed E-state index contributed by atoms with van der Waals surface area (Å²) in [7, 11) is 0. The second-order valence-corrected chi connectivity index (χ2v) is 6.74.